The van der Waals surface area contributed by atoms with Crippen LogP contribution in [0, 0.1) is 6.92 Å². The Labute approximate surface area is 106 Å². The third-order valence-corrected chi connectivity index (χ3v) is 2.80. The first-order valence-corrected chi connectivity index (χ1v) is 5.91. The van der Waals surface area contributed by atoms with Crippen LogP contribution in [-0.4, -0.2) is 25.5 Å². The second-order valence-electron chi connectivity index (χ2n) is 4.14. The van der Waals surface area contributed by atoms with Gasteiger partial charge >= 0.3 is 0 Å². The zero-order valence-corrected chi connectivity index (χ0v) is 10.8. The third-order valence-electron chi connectivity index (χ3n) is 2.80. The van der Waals surface area contributed by atoms with Gasteiger partial charge in [0.05, 0.1) is 12.2 Å². The van der Waals surface area contributed by atoms with E-state index >= 15 is 0 Å². The minimum atomic E-state index is -0.176. The molecule has 6 nitrogen and oxygen atoms in total. The first-order valence-electron chi connectivity index (χ1n) is 5.91. The molecular weight excluding hydrogens is 230 g/mol. The average Bonchev–Trinajstić information content (AvgIpc) is 2.94. The molecule has 0 aromatic carbocycles. The van der Waals surface area contributed by atoms with Crippen molar-refractivity contribution in [1.29, 1.82) is 0 Å². The highest BCUT2D eigenvalue weighted by Crippen LogP contribution is 2.02. The summed E-state index contributed by atoms with van der Waals surface area (Å²) in [6, 6.07) is 3.66. The van der Waals surface area contributed by atoms with Crippen LogP contribution in [-0.2, 0) is 20.1 Å². The monoisotopic (exact) mass is 247 g/mol. The Balaban J connectivity index is 1.95. The second kappa shape index (κ2) is 5.03. The lowest BCUT2D eigenvalue weighted by molar-refractivity contribution is 0.0944. The molecule has 1 amide bonds. The van der Waals surface area contributed by atoms with Gasteiger partial charge in [0.2, 0.25) is 0 Å². The first-order chi connectivity index (χ1) is 8.60. The molecule has 0 aliphatic carbocycles. The lowest BCUT2D eigenvalue weighted by Gasteiger charge is -2.00. The maximum absolute atomic E-state index is 11.8. The largest absolute Gasteiger partial charge is 0.345 e. The highest BCUT2D eigenvalue weighted by atomic mass is 16.1. The molecule has 0 saturated heterocycles. The van der Waals surface area contributed by atoms with E-state index in [2.05, 4.69) is 15.5 Å². The summed E-state index contributed by atoms with van der Waals surface area (Å²) >= 11 is 0. The third kappa shape index (κ3) is 2.58. The number of nitrogens with one attached hydrogen (secondary N) is 1. The van der Waals surface area contributed by atoms with Crippen LogP contribution in [0.1, 0.15) is 28.8 Å². The summed E-state index contributed by atoms with van der Waals surface area (Å²) in [5.74, 6) is -0.176. The van der Waals surface area contributed by atoms with Crippen molar-refractivity contribution in [2.24, 2.45) is 7.05 Å². The molecule has 96 valence electrons. The quantitative estimate of drug-likeness (QED) is 0.872. The lowest BCUT2D eigenvalue weighted by atomic mass is 10.3. The standard InChI is InChI=1S/C12H17N5O/c1-4-17-6-5-10(14-17)8-13-12(18)11-7-9(2)16(3)15-11/h5-7H,4,8H2,1-3H3,(H,13,18). The van der Waals surface area contributed by atoms with E-state index in [-0.39, 0.29) is 5.91 Å². The molecule has 0 atom stereocenters. The van der Waals surface area contributed by atoms with Crippen molar-refractivity contribution >= 4 is 5.91 Å². The number of carbonyl (C=O) groups is 1. The van der Waals surface area contributed by atoms with Gasteiger partial charge in [-0.1, -0.05) is 0 Å². The summed E-state index contributed by atoms with van der Waals surface area (Å²) in [7, 11) is 1.81. The Morgan fingerprint density at radius 1 is 1.44 bits per heavy atom. The van der Waals surface area contributed by atoms with Gasteiger partial charge in [-0.25, -0.2) is 0 Å². The maximum atomic E-state index is 11.8. The predicted molar refractivity (Wildman–Crippen MR) is 67.0 cm³/mol. The zero-order valence-electron chi connectivity index (χ0n) is 10.8. The van der Waals surface area contributed by atoms with Crippen molar-refractivity contribution in [3.05, 3.63) is 35.4 Å². The molecule has 6 heteroatoms. The normalized spacial score (nSPS) is 10.6. The summed E-state index contributed by atoms with van der Waals surface area (Å²) in [5.41, 5.74) is 2.23. The molecule has 2 aromatic heterocycles. The minimum Gasteiger partial charge on any atom is -0.345 e. The smallest absolute Gasteiger partial charge is 0.272 e. The van der Waals surface area contributed by atoms with Crippen LogP contribution in [0.3, 0.4) is 0 Å². The molecule has 2 aromatic rings. The molecule has 1 N–H and O–H groups in total. The Morgan fingerprint density at radius 2 is 2.22 bits per heavy atom. The second-order valence-corrected chi connectivity index (χ2v) is 4.14. The fourth-order valence-electron chi connectivity index (χ4n) is 1.61. The van der Waals surface area contributed by atoms with E-state index in [1.807, 2.05) is 37.8 Å². The molecule has 0 unspecified atom stereocenters. The van der Waals surface area contributed by atoms with E-state index in [0.717, 1.165) is 17.9 Å². The van der Waals surface area contributed by atoms with Crippen LogP contribution in [0.5, 0.6) is 0 Å². The molecule has 0 saturated carbocycles. The fourth-order valence-corrected chi connectivity index (χ4v) is 1.61. The van der Waals surface area contributed by atoms with Crippen molar-refractivity contribution < 1.29 is 4.79 Å². The molecule has 0 radical (unpaired) electrons. The van der Waals surface area contributed by atoms with Crippen LogP contribution in [0.25, 0.3) is 0 Å². The van der Waals surface area contributed by atoms with Gasteiger partial charge in [-0.15, -0.1) is 0 Å². The number of aromatic nitrogens is 4. The molecule has 0 spiro atoms. The van der Waals surface area contributed by atoms with Gasteiger partial charge in [0.1, 0.15) is 5.69 Å². The Hall–Kier alpha value is -2.11. The summed E-state index contributed by atoms with van der Waals surface area (Å²) in [5, 5.41) is 11.2. The van der Waals surface area contributed by atoms with E-state index in [4.69, 9.17) is 0 Å². The van der Waals surface area contributed by atoms with Crippen molar-refractivity contribution in [2.75, 3.05) is 0 Å². The maximum Gasteiger partial charge on any atom is 0.272 e. The SMILES string of the molecule is CCn1ccc(CNC(=O)c2cc(C)n(C)n2)n1. The van der Waals surface area contributed by atoms with Gasteiger partial charge in [0, 0.05) is 25.5 Å². The predicted octanol–water partition coefficient (Wildman–Crippen LogP) is 0.875. The first kappa shape index (κ1) is 12.3. The molecule has 0 aliphatic heterocycles. The topological polar surface area (TPSA) is 64.7 Å². The van der Waals surface area contributed by atoms with Crippen LogP contribution in [0.15, 0.2) is 18.3 Å². The van der Waals surface area contributed by atoms with Crippen LogP contribution >= 0.6 is 0 Å². The van der Waals surface area contributed by atoms with E-state index < -0.39 is 0 Å². The van der Waals surface area contributed by atoms with Crippen LogP contribution in [0.2, 0.25) is 0 Å². The van der Waals surface area contributed by atoms with Gasteiger partial charge in [-0.3, -0.25) is 14.2 Å². The Morgan fingerprint density at radius 3 is 2.78 bits per heavy atom. The number of hydrogen-bond donors (Lipinski definition) is 1. The summed E-state index contributed by atoms with van der Waals surface area (Å²) in [4.78, 5) is 11.8. The van der Waals surface area contributed by atoms with Crippen LogP contribution in [0.4, 0.5) is 0 Å². The summed E-state index contributed by atoms with van der Waals surface area (Å²) in [6.07, 6.45) is 1.90. The summed E-state index contributed by atoms with van der Waals surface area (Å²) in [6.45, 7) is 5.17. The number of rotatable bonds is 4. The number of nitrogens with zero attached hydrogens (tertiary/aromatic N) is 4. The van der Waals surface area contributed by atoms with Gasteiger partial charge in [0.25, 0.3) is 5.91 Å². The van der Waals surface area contributed by atoms with Gasteiger partial charge in [0.15, 0.2) is 0 Å². The van der Waals surface area contributed by atoms with E-state index in [1.165, 1.54) is 0 Å². The molecule has 0 aliphatic rings. The number of amides is 1. The average molecular weight is 247 g/mol. The van der Waals surface area contributed by atoms with Gasteiger partial charge < -0.3 is 5.32 Å². The Bertz CT molecular complexity index is 535. The number of aryl methyl sites for hydroxylation is 3. The van der Waals surface area contributed by atoms with Crippen molar-refractivity contribution in [1.82, 2.24) is 24.9 Å². The van der Waals surface area contributed by atoms with E-state index in [0.29, 0.717) is 12.2 Å². The highest BCUT2D eigenvalue weighted by molar-refractivity contribution is 5.92. The van der Waals surface area contributed by atoms with Crippen molar-refractivity contribution in [2.45, 2.75) is 26.9 Å². The Kier molecular flexibility index (Phi) is 3.45. The van der Waals surface area contributed by atoms with Gasteiger partial charge in [-0.2, -0.15) is 10.2 Å². The fraction of sp³-hybridized carbons (Fsp3) is 0.417. The lowest BCUT2D eigenvalue weighted by Crippen LogP contribution is -2.23. The van der Waals surface area contributed by atoms with Crippen LogP contribution < -0.4 is 5.32 Å². The highest BCUT2D eigenvalue weighted by Gasteiger charge is 2.10. The summed E-state index contributed by atoms with van der Waals surface area (Å²) < 4.78 is 3.51. The number of carbonyl (C=O) groups excluding carboxylic acids is 1. The zero-order chi connectivity index (χ0) is 13.1. The van der Waals surface area contributed by atoms with Gasteiger partial charge in [-0.05, 0) is 26.0 Å². The number of hydrogen-bond acceptors (Lipinski definition) is 3. The molecule has 2 rings (SSSR count). The molecule has 18 heavy (non-hydrogen) atoms. The van der Waals surface area contributed by atoms with Crippen molar-refractivity contribution in [3.63, 3.8) is 0 Å². The van der Waals surface area contributed by atoms with Crippen molar-refractivity contribution in [3.8, 4) is 0 Å². The molecule has 2 heterocycles. The van der Waals surface area contributed by atoms with E-state index in [9.17, 15) is 4.79 Å². The molecular formula is C12H17N5O. The molecule has 0 fully saturated rings. The molecule has 0 bridgehead atoms. The van der Waals surface area contributed by atoms with E-state index in [1.54, 1.807) is 10.7 Å². The minimum absolute atomic E-state index is 0.176.